The number of hydrogen-bond acceptors (Lipinski definition) is 2. The van der Waals surface area contributed by atoms with Gasteiger partial charge in [-0.2, -0.15) is 0 Å². The molecule has 3 nitrogen and oxygen atoms in total. The summed E-state index contributed by atoms with van der Waals surface area (Å²) in [4.78, 5) is 13.2. The number of benzene rings is 2. The first-order valence-corrected chi connectivity index (χ1v) is 7.77. The first-order valence-electron chi connectivity index (χ1n) is 7.40. The highest BCUT2D eigenvalue weighted by Gasteiger charge is 2.27. The van der Waals surface area contributed by atoms with Crippen LogP contribution in [0, 0.1) is 5.92 Å². The Balaban J connectivity index is 1.49. The van der Waals surface area contributed by atoms with Crippen LogP contribution in [0.15, 0.2) is 48.5 Å². The molecule has 0 saturated carbocycles. The largest absolute Gasteiger partial charge is 0.478 e. The van der Waals surface area contributed by atoms with Crippen molar-refractivity contribution in [2.24, 2.45) is 5.92 Å². The summed E-state index contributed by atoms with van der Waals surface area (Å²) in [6, 6.07) is 15.1. The molecule has 0 spiro atoms. The molecule has 1 aliphatic rings. The molecule has 0 amide bonds. The van der Waals surface area contributed by atoms with E-state index in [1.54, 1.807) is 12.1 Å². The highest BCUT2D eigenvalue weighted by atomic mass is 35.5. The van der Waals surface area contributed by atoms with Crippen LogP contribution in [-0.2, 0) is 13.0 Å². The summed E-state index contributed by atoms with van der Waals surface area (Å²) in [7, 11) is 0. The molecule has 0 unspecified atom stereocenters. The van der Waals surface area contributed by atoms with Crippen LogP contribution in [0.25, 0.3) is 0 Å². The number of carboxylic acids is 1. The summed E-state index contributed by atoms with van der Waals surface area (Å²) in [5, 5.41) is 9.74. The molecular formula is C18H18ClNO2. The summed E-state index contributed by atoms with van der Waals surface area (Å²) in [6.45, 7) is 3.00. The monoisotopic (exact) mass is 315 g/mol. The van der Waals surface area contributed by atoms with Crippen molar-refractivity contribution in [2.45, 2.75) is 13.0 Å². The molecule has 0 atom stereocenters. The van der Waals surface area contributed by atoms with Gasteiger partial charge >= 0.3 is 5.97 Å². The predicted molar refractivity (Wildman–Crippen MR) is 87.3 cm³/mol. The number of carboxylic acid groups (broad SMARTS) is 1. The molecule has 2 aromatic carbocycles. The van der Waals surface area contributed by atoms with Crippen molar-refractivity contribution < 1.29 is 9.90 Å². The molecule has 4 heteroatoms. The summed E-state index contributed by atoms with van der Waals surface area (Å²) >= 11 is 6.19. The smallest absolute Gasteiger partial charge is 0.335 e. The molecule has 0 bridgehead atoms. The first kappa shape index (κ1) is 15.1. The zero-order chi connectivity index (χ0) is 15.5. The van der Waals surface area contributed by atoms with Crippen LogP contribution in [-0.4, -0.2) is 29.1 Å². The van der Waals surface area contributed by atoms with E-state index in [4.69, 9.17) is 16.7 Å². The molecule has 1 fully saturated rings. The van der Waals surface area contributed by atoms with E-state index in [9.17, 15) is 4.79 Å². The molecule has 0 aliphatic carbocycles. The number of nitrogens with zero attached hydrogens (tertiary/aromatic N) is 1. The number of aromatic carboxylic acids is 1. The molecule has 0 aromatic heterocycles. The molecule has 1 aliphatic heterocycles. The molecule has 2 aromatic rings. The minimum Gasteiger partial charge on any atom is -0.478 e. The van der Waals surface area contributed by atoms with E-state index in [-0.39, 0.29) is 0 Å². The van der Waals surface area contributed by atoms with E-state index >= 15 is 0 Å². The topological polar surface area (TPSA) is 40.5 Å². The maximum absolute atomic E-state index is 10.8. The molecule has 114 valence electrons. The highest BCUT2D eigenvalue weighted by Crippen LogP contribution is 2.25. The number of likely N-dealkylation sites (tertiary alicyclic amines) is 1. The van der Waals surface area contributed by atoms with Crippen LogP contribution in [0.5, 0.6) is 0 Å². The third kappa shape index (κ3) is 3.49. The van der Waals surface area contributed by atoms with Crippen molar-refractivity contribution in [1.82, 2.24) is 4.90 Å². The standard InChI is InChI=1S/C18H18ClNO2/c19-17-4-2-1-3-16(17)9-14-11-20(12-14)10-13-5-7-15(8-6-13)18(21)22/h1-8,14H,9-12H2,(H,21,22). The van der Waals surface area contributed by atoms with Gasteiger partial charge in [0.25, 0.3) is 0 Å². The lowest BCUT2D eigenvalue weighted by Crippen LogP contribution is -2.46. The lowest BCUT2D eigenvalue weighted by molar-refractivity contribution is 0.0696. The van der Waals surface area contributed by atoms with Gasteiger partial charge in [0.15, 0.2) is 0 Å². The van der Waals surface area contributed by atoms with Crippen molar-refractivity contribution in [1.29, 1.82) is 0 Å². The van der Waals surface area contributed by atoms with E-state index in [0.717, 1.165) is 36.6 Å². The molecule has 0 radical (unpaired) electrons. The quantitative estimate of drug-likeness (QED) is 0.914. The second kappa shape index (κ2) is 6.51. The van der Waals surface area contributed by atoms with Gasteiger partial charge < -0.3 is 5.11 Å². The van der Waals surface area contributed by atoms with E-state index in [1.807, 2.05) is 30.3 Å². The van der Waals surface area contributed by atoms with E-state index in [1.165, 1.54) is 5.56 Å². The number of carbonyl (C=O) groups is 1. The van der Waals surface area contributed by atoms with Gasteiger partial charge in [-0.25, -0.2) is 4.79 Å². The fraction of sp³-hybridized carbons (Fsp3) is 0.278. The SMILES string of the molecule is O=C(O)c1ccc(CN2CC(Cc3ccccc3Cl)C2)cc1. The normalized spacial score (nSPS) is 15.5. The Morgan fingerprint density at radius 1 is 1.14 bits per heavy atom. The molecule has 1 saturated heterocycles. The van der Waals surface area contributed by atoms with Crippen LogP contribution < -0.4 is 0 Å². The van der Waals surface area contributed by atoms with E-state index in [2.05, 4.69) is 11.0 Å². The average Bonchev–Trinajstić information content (AvgIpc) is 2.47. The van der Waals surface area contributed by atoms with Gasteiger partial charge in [-0.05, 0) is 41.7 Å². The maximum Gasteiger partial charge on any atom is 0.335 e. The van der Waals surface area contributed by atoms with Crippen LogP contribution in [0.1, 0.15) is 21.5 Å². The fourth-order valence-electron chi connectivity index (χ4n) is 2.92. The molecule has 1 N–H and O–H groups in total. The van der Waals surface area contributed by atoms with Crippen molar-refractivity contribution in [3.05, 3.63) is 70.2 Å². The number of rotatable bonds is 5. The van der Waals surface area contributed by atoms with Gasteiger partial charge in [0, 0.05) is 24.7 Å². The van der Waals surface area contributed by atoms with E-state index in [0.29, 0.717) is 11.5 Å². The molecule has 22 heavy (non-hydrogen) atoms. The molecule has 1 heterocycles. The van der Waals surface area contributed by atoms with Crippen molar-refractivity contribution in [3.8, 4) is 0 Å². The Kier molecular flexibility index (Phi) is 4.46. The average molecular weight is 316 g/mol. The van der Waals surface area contributed by atoms with Crippen LogP contribution in [0.3, 0.4) is 0 Å². The van der Waals surface area contributed by atoms with Crippen molar-refractivity contribution in [2.75, 3.05) is 13.1 Å². The Labute approximate surface area is 135 Å². The summed E-state index contributed by atoms with van der Waals surface area (Å²) in [5.74, 6) is -0.228. The third-order valence-electron chi connectivity index (χ3n) is 4.11. The second-order valence-corrected chi connectivity index (χ2v) is 6.26. The third-order valence-corrected chi connectivity index (χ3v) is 4.48. The molecule has 3 rings (SSSR count). The second-order valence-electron chi connectivity index (χ2n) is 5.86. The Bertz CT molecular complexity index is 663. The van der Waals surface area contributed by atoms with Crippen molar-refractivity contribution in [3.63, 3.8) is 0 Å². The summed E-state index contributed by atoms with van der Waals surface area (Å²) in [6.07, 6.45) is 1.02. The minimum atomic E-state index is -0.879. The van der Waals surface area contributed by atoms with Gasteiger partial charge in [-0.1, -0.05) is 41.9 Å². The van der Waals surface area contributed by atoms with Gasteiger partial charge in [-0.3, -0.25) is 4.90 Å². The van der Waals surface area contributed by atoms with Crippen LogP contribution in [0.2, 0.25) is 5.02 Å². The minimum absolute atomic E-state index is 0.337. The highest BCUT2D eigenvalue weighted by molar-refractivity contribution is 6.31. The lowest BCUT2D eigenvalue weighted by Gasteiger charge is -2.39. The Morgan fingerprint density at radius 3 is 2.45 bits per heavy atom. The molecular weight excluding hydrogens is 298 g/mol. The Morgan fingerprint density at radius 2 is 1.82 bits per heavy atom. The van der Waals surface area contributed by atoms with Crippen molar-refractivity contribution >= 4 is 17.6 Å². The van der Waals surface area contributed by atoms with Gasteiger partial charge in [0.05, 0.1) is 5.56 Å². The summed E-state index contributed by atoms with van der Waals surface area (Å²) in [5.41, 5.74) is 2.71. The number of halogens is 1. The van der Waals surface area contributed by atoms with Gasteiger partial charge in [-0.15, -0.1) is 0 Å². The van der Waals surface area contributed by atoms with Crippen LogP contribution >= 0.6 is 11.6 Å². The zero-order valence-electron chi connectivity index (χ0n) is 12.2. The fourth-order valence-corrected chi connectivity index (χ4v) is 3.13. The van der Waals surface area contributed by atoms with Gasteiger partial charge in [0.1, 0.15) is 0 Å². The first-order chi connectivity index (χ1) is 10.6. The lowest BCUT2D eigenvalue weighted by atomic mass is 9.91. The maximum atomic E-state index is 10.8. The Hall–Kier alpha value is -1.84. The number of hydrogen-bond donors (Lipinski definition) is 1. The van der Waals surface area contributed by atoms with Gasteiger partial charge in [0.2, 0.25) is 0 Å². The predicted octanol–water partition coefficient (Wildman–Crippen LogP) is 3.71. The summed E-state index contributed by atoms with van der Waals surface area (Å²) < 4.78 is 0. The van der Waals surface area contributed by atoms with E-state index < -0.39 is 5.97 Å². The van der Waals surface area contributed by atoms with Crippen LogP contribution in [0.4, 0.5) is 0 Å². The zero-order valence-corrected chi connectivity index (χ0v) is 13.0.